The fourth-order valence-electron chi connectivity index (χ4n) is 4.10. The third-order valence-corrected chi connectivity index (χ3v) is 5.73. The minimum absolute atomic E-state index is 0.0577. The van der Waals surface area contributed by atoms with Gasteiger partial charge in [-0.15, -0.1) is 0 Å². The Kier molecular flexibility index (Phi) is 5.35. The van der Waals surface area contributed by atoms with Crippen molar-refractivity contribution in [1.82, 2.24) is 5.32 Å². The number of carbonyl (C=O) groups is 1. The molecule has 0 aromatic heterocycles. The third-order valence-electron chi connectivity index (χ3n) is 5.73. The number of carbonyl (C=O) groups excluding carboxylic acids is 1. The van der Waals surface area contributed by atoms with Gasteiger partial charge in [0.2, 0.25) is 0 Å². The zero-order valence-electron chi connectivity index (χ0n) is 15.3. The van der Waals surface area contributed by atoms with Gasteiger partial charge in [0.25, 0.3) is 5.91 Å². The molecule has 2 aliphatic rings. The van der Waals surface area contributed by atoms with Crippen molar-refractivity contribution in [3.63, 3.8) is 0 Å². The molecule has 3 heteroatoms. The Morgan fingerprint density at radius 2 is 1.54 bits per heavy atom. The second kappa shape index (κ2) is 8.05. The molecule has 2 saturated carbocycles. The summed E-state index contributed by atoms with van der Waals surface area (Å²) in [4.78, 5) is 12.2. The number of rotatable bonds is 5. The van der Waals surface area contributed by atoms with Crippen molar-refractivity contribution in [2.75, 3.05) is 5.32 Å². The number of benzene rings is 2. The molecule has 0 spiro atoms. The summed E-state index contributed by atoms with van der Waals surface area (Å²) in [5, 5.41) is 6.85. The first-order valence-electron chi connectivity index (χ1n) is 10.0. The summed E-state index contributed by atoms with van der Waals surface area (Å²) < 4.78 is 0. The molecule has 136 valence electrons. The fourth-order valence-corrected chi connectivity index (χ4v) is 4.10. The molecule has 2 aromatic rings. The van der Waals surface area contributed by atoms with Crippen LogP contribution in [0.2, 0.25) is 0 Å². The summed E-state index contributed by atoms with van der Waals surface area (Å²) in [6, 6.07) is 19.1. The molecule has 0 unspecified atom stereocenters. The van der Waals surface area contributed by atoms with Crippen molar-refractivity contribution >= 4 is 11.6 Å². The Balaban J connectivity index is 1.30. The Morgan fingerprint density at radius 3 is 2.23 bits per heavy atom. The molecule has 2 aromatic carbocycles. The van der Waals surface area contributed by atoms with Crippen LogP contribution in [0.3, 0.4) is 0 Å². The van der Waals surface area contributed by atoms with E-state index in [9.17, 15) is 4.79 Å². The molecular weight excluding hydrogens is 320 g/mol. The maximum absolute atomic E-state index is 12.2. The Labute approximate surface area is 156 Å². The van der Waals surface area contributed by atoms with E-state index >= 15 is 0 Å². The van der Waals surface area contributed by atoms with E-state index in [1.165, 1.54) is 50.5 Å². The number of hydrogen-bond acceptors (Lipinski definition) is 2. The smallest absolute Gasteiger partial charge is 0.255 e. The normalized spacial score (nSPS) is 23.2. The van der Waals surface area contributed by atoms with Gasteiger partial charge in [-0.3, -0.25) is 4.79 Å². The number of nitrogens with one attached hydrogen (secondary N) is 2. The standard InChI is InChI=1S/C23H28N2O/c26-23(18-8-4-3-5-9-18)25-20-14-12-17(13-15-20)21-16-22(21)24-19-10-6-1-2-7-11-19/h3-5,8-9,12-15,19,21-22,24H,1-2,6-7,10-11,16H2,(H,25,26)/t21-,22+/m0/s1. The molecule has 0 heterocycles. The molecule has 26 heavy (non-hydrogen) atoms. The number of anilines is 1. The van der Waals surface area contributed by atoms with Gasteiger partial charge in [0.05, 0.1) is 0 Å². The second-order valence-electron chi connectivity index (χ2n) is 7.75. The summed E-state index contributed by atoms with van der Waals surface area (Å²) in [7, 11) is 0. The van der Waals surface area contributed by atoms with Gasteiger partial charge in [0.1, 0.15) is 0 Å². The minimum atomic E-state index is -0.0577. The van der Waals surface area contributed by atoms with Crippen molar-refractivity contribution in [2.45, 2.75) is 62.9 Å². The van der Waals surface area contributed by atoms with Crippen LogP contribution in [-0.4, -0.2) is 18.0 Å². The van der Waals surface area contributed by atoms with Crippen LogP contribution in [0.4, 0.5) is 5.69 Å². The molecule has 0 aliphatic heterocycles. The summed E-state index contributed by atoms with van der Waals surface area (Å²) >= 11 is 0. The quantitative estimate of drug-likeness (QED) is 0.738. The lowest BCUT2D eigenvalue weighted by atomic mass is 10.1. The monoisotopic (exact) mass is 348 g/mol. The topological polar surface area (TPSA) is 41.1 Å². The van der Waals surface area contributed by atoms with Crippen LogP contribution in [-0.2, 0) is 0 Å². The average molecular weight is 348 g/mol. The van der Waals surface area contributed by atoms with Crippen molar-refractivity contribution in [3.8, 4) is 0 Å². The minimum Gasteiger partial charge on any atom is -0.322 e. The van der Waals surface area contributed by atoms with Crippen LogP contribution in [0.15, 0.2) is 54.6 Å². The molecule has 2 N–H and O–H groups in total. The van der Waals surface area contributed by atoms with Gasteiger partial charge < -0.3 is 10.6 Å². The van der Waals surface area contributed by atoms with Crippen LogP contribution in [0.5, 0.6) is 0 Å². The molecule has 2 fully saturated rings. The fraction of sp³-hybridized carbons (Fsp3) is 0.435. The lowest BCUT2D eigenvalue weighted by Crippen LogP contribution is -2.31. The van der Waals surface area contributed by atoms with E-state index in [2.05, 4.69) is 22.8 Å². The van der Waals surface area contributed by atoms with E-state index in [-0.39, 0.29) is 5.91 Å². The Morgan fingerprint density at radius 1 is 0.846 bits per heavy atom. The zero-order valence-corrected chi connectivity index (χ0v) is 15.3. The SMILES string of the molecule is O=C(Nc1ccc([C@@H]2C[C@H]2NC2CCCCCC2)cc1)c1ccccc1. The summed E-state index contributed by atoms with van der Waals surface area (Å²) in [6.07, 6.45) is 9.49. The van der Waals surface area contributed by atoms with Gasteiger partial charge in [-0.2, -0.15) is 0 Å². The molecule has 3 nitrogen and oxygen atoms in total. The highest BCUT2D eigenvalue weighted by Gasteiger charge is 2.39. The predicted octanol–water partition coefficient (Wildman–Crippen LogP) is 5.11. The maximum atomic E-state index is 12.2. The van der Waals surface area contributed by atoms with Crippen LogP contribution >= 0.6 is 0 Å². The summed E-state index contributed by atoms with van der Waals surface area (Å²) in [5.41, 5.74) is 2.93. The highest BCUT2D eigenvalue weighted by molar-refractivity contribution is 6.04. The van der Waals surface area contributed by atoms with Crippen LogP contribution in [0.1, 0.15) is 66.8 Å². The van der Waals surface area contributed by atoms with E-state index in [1.807, 2.05) is 42.5 Å². The summed E-state index contributed by atoms with van der Waals surface area (Å²) in [6.45, 7) is 0. The molecule has 0 radical (unpaired) electrons. The molecule has 4 rings (SSSR count). The molecule has 1 amide bonds. The van der Waals surface area contributed by atoms with Gasteiger partial charge in [-0.05, 0) is 49.1 Å². The van der Waals surface area contributed by atoms with Crippen LogP contribution < -0.4 is 10.6 Å². The molecule has 0 saturated heterocycles. The second-order valence-corrected chi connectivity index (χ2v) is 7.75. The number of amides is 1. The van der Waals surface area contributed by atoms with Crippen molar-refractivity contribution in [2.24, 2.45) is 0 Å². The van der Waals surface area contributed by atoms with Gasteiger partial charge >= 0.3 is 0 Å². The molecule has 2 aliphatic carbocycles. The van der Waals surface area contributed by atoms with E-state index in [0.717, 1.165) is 11.7 Å². The molecule has 2 atom stereocenters. The Bertz CT molecular complexity index is 718. The highest BCUT2D eigenvalue weighted by Crippen LogP contribution is 2.42. The largest absolute Gasteiger partial charge is 0.322 e. The van der Waals surface area contributed by atoms with Crippen LogP contribution in [0.25, 0.3) is 0 Å². The van der Waals surface area contributed by atoms with Gasteiger partial charge in [-0.1, -0.05) is 56.0 Å². The van der Waals surface area contributed by atoms with E-state index in [1.54, 1.807) is 0 Å². The number of hydrogen-bond donors (Lipinski definition) is 2. The van der Waals surface area contributed by atoms with E-state index < -0.39 is 0 Å². The zero-order chi connectivity index (χ0) is 17.8. The van der Waals surface area contributed by atoms with Gasteiger partial charge in [-0.25, -0.2) is 0 Å². The van der Waals surface area contributed by atoms with E-state index in [0.29, 0.717) is 17.5 Å². The third kappa shape index (κ3) is 4.34. The predicted molar refractivity (Wildman–Crippen MR) is 107 cm³/mol. The average Bonchev–Trinajstić information content (AvgIpc) is 3.48. The van der Waals surface area contributed by atoms with Crippen molar-refractivity contribution in [3.05, 3.63) is 65.7 Å². The maximum Gasteiger partial charge on any atom is 0.255 e. The van der Waals surface area contributed by atoms with Crippen molar-refractivity contribution < 1.29 is 4.79 Å². The van der Waals surface area contributed by atoms with Gasteiger partial charge in [0.15, 0.2) is 0 Å². The lowest BCUT2D eigenvalue weighted by Gasteiger charge is -2.16. The van der Waals surface area contributed by atoms with Crippen LogP contribution in [0, 0.1) is 0 Å². The van der Waals surface area contributed by atoms with E-state index in [4.69, 9.17) is 0 Å². The Hall–Kier alpha value is -2.13. The van der Waals surface area contributed by atoms with Crippen molar-refractivity contribution in [1.29, 1.82) is 0 Å². The first-order valence-corrected chi connectivity index (χ1v) is 10.0. The molecule has 0 bridgehead atoms. The van der Waals surface area contributed by atoms with Gasteiger partial charge in [0, 0.05) is 29.3 Å². The molecular formula is C23H28N2O. The lowest BCUT2D eigenvalue weighted by molar-refractivity contribution is 0.102. The summed E-state index contributed by atoms with van der Waals surface area (Å²) in [5.74, 6) is 0.579. The first kappa shape index (κ1) is 17.3. The highest BCUT2D eigenvalue weighted by atomic mass is 16.1. The first-order chi connectivity index (χ1) is 12.8.